The molecule has 0 radical (unpaired) electrons. The van der Waals surface area contributed by atoms with Gasteiger partial charge in [0.05, 0.1) is 12.8 Å². The second-order valence-electron chi connectivity index (χ2n) is 4.93. The summed E-state index contributed by atoms with van der Waals surface area (Å²) in [5, 5.41) is 24.2. The van der Waals surface area contributed by atoms with Crippen molar-refractivity contribution in [1.29, 1.82) is 0 Å². The summed E-state index contributed by atoms with van der Waals surface area (Å²) < 4.78 is 5.13. The Morgan fingerprint density at radius 3 is 2.62 bits per heavy atom. The van der Waals surface area contributed by atoms with Crippen LogP contribution >= 0.6 is 11.3 Å². The highest BCUT2D eigenvalue weighted by molar-refractivity contribution is 7.14. The molecule has 24 heavy (non-hydrogen) atoms. The predicted molar refractivity (Wildman–Crippen MR) is 92.5 cm³/mol. The van der Waals surface area contributed by atoms with Crippen LogP contribution in [0.15, 0.2) is 47.8 Å². The number of methoxy groups -OCH3 is 1. The highest BCUT2D eigenvalue weighted by atomic mass is 32.1. The molecule has 0 aliphatic heterocycles. The molecule has 0 aliphatic carbocycles. The van der Waals surface area contributed by atoms with E-state index in [0.29, 0.717) is 10.8 Å². The number of anilines is 2. The number of hydrogen-bond donors (Lipinski definition) is 3. The van der Waals surface area contributed by atoms with Gasteiger partial charge in [0.1, 0.15) is 17.1 Å². The third kappa shape index (κ3) is 3.31. The number of thiazole rings is 1. The van der Waals surface area contributed by atoms with Gasteiger partial charge in [-0.05, 0) is 42.5 Å². The minimum atomic E-state index is -1.19. The smallest absolute Gasteiger partial charge is 0.339 e. The van der Waals surface area contributed by atoms with E-state index < -0.39 is 5.97 Å². The largest absolute Gasteiger partial charge is 0.507 e. The van der Waals surface area contributed by atoms with Gasteiger partial charge < -0.3 is 20.3 Å². The first-order valence-electron chi connectivity index (χ1n) is 7.00. The Kier molecular flexibility index (Phi) is 4.35. The summed E-state index contributed by atoms with van der Waals surface area (Å²) in [5.74, 6) is -0.682. The number of carbonyl (C=O) groups is 1. The second kappa shape index (κ2) is 6.59. The van der Waals surface area contributed by atoms with E-state index in [9.17, 15) is 9.90 Å². The van der Waals surface area contributed by atoms with Crippen molar-refractivity contribution >= 4 is 28.1 Å². The fraction of sp³-hybridized carbons (Fsp3) is 0.0588. The van der Waals surface area contributed by atoms with Crippen LogP contribution in [0.4, 0.5) is 10.8 Å². The van der Waals surface area contributed by atoms with Crippen molar-refractivity contribution in [2.75, 3.05) is 12.4 Å². The number of aromatic hydroxyl groups is 1. The Balaban J connectivity index is 1.81. The van der Waals surface area contributed by atoms with Gasteiger partial charge in [0.15, 0.2) is 5.13 Å². The minimum Gasteiger partial charge on any atom is -0.507 e. The third-order valence-electron chi connectivity index (χ3n) is 3.37. The molecule has 2 aromatic carbocycles. The average molecular weight is 342 g/mol. The van der Waals surface area contributed by atoms with E-state index >= 15 is 0 Å². The van der Waals surface area contributed by atoms with Crippen LogP contribution in [0.1, 0.15) is 10.4 Å². The molecule has 3 N–H and O–H groups in total. The molecule has 1 heterocycles. The molecule has 0 saturated heterocycles. The van der Waals surface area contributed by atoms with Crippen LogP contribution in [0.3, 0.4) is 0 Å². The van der Waals surface area contributed by atoms with Gasteiger partial charge in [-0.15, -0.1) is 11.3 Å². The number of phenols is 1. The van der Waals surface area contributed by atoms with Crippen molar-refractivity contribution in [2.24, 2.45) is 0 Å². The van der Waals surface area contributed by atoms with E-state index in [-0.39, 0.29) is 11.3 Å². The Morgan fingerprint density at radius 2 is 1.96 bits per heavy atom. The Bertz CT molecular complexity index is 875. The standard InChI is InChI=1S/C17H14N2O4S/c1-23-12-5-2-10(3-6-12)14-9-24-17(19-14)18-11-4-7-15(20)13(8-11)16(21)22/h2-9,20H,1H3,(H,18,19)(H,21,22). The van der Waals surface area contributed by atoms with Gasteiger partial charge in [0, 0.05) is 16.6 Å². The zero-order chi connectivity index (χ0) is 17.1. The van der Waals surface area contributed by atoms with Crippen LogP contribution in [-0.2, 0) is 0 Å². The van der Waals surface area contributed by atoms with E-state index in [1.807, 2.05) is 29.6 Å². The molecule has 0 unspecified atom stereocenters. The van der Waals surface area contributed by atoms with Crippen LogP contribution in [0.25, 0.3) is 11.3 Å². The molecule has 0 fully saturated rings. The summed E-state index contributed by atoms with van der Waals surface area (Å²) in [6, 6.07) is 11.9. The maximum Gasteiger partial charge on any atom is 0.339 e. The van der Waals surface area contributed by atoms with Crippen LogP contribution < -0.4 is 10.1 Å². The van der Waals surface area contributed by atoms with Crippen molar-refractivity contribution in [1.82, 2.24) is 4.98 Å². The zero-order valence-electron chi connectivity index (χ0n) is 12.7. The first kappa shape index (κ1) is 15.8. The molecule has 0 spiro atoms. The summed E-state index contributed by atoms with van der Waals surface area (Å²) in [4.78, 5) is 15.5. The predicted octanol–water partition coefficient (Wildman–Crippen LogP) is 3.97. The number of rotatable bonds is 5. The third-order valence-corrected chi connectivity index (χ3v) is 4.13. The first-order valence-corrected chi connectivity index (χ1v) is 7.88. The number of ether oxygens (including phenoxy) is 1. The Hall–Kier alpha value is -3.06. The molecule has 1 aromatic heterocycles. The van der Waals surface area contributed by atoms with E-state index in [4.69, 9.17) is 9.84 Å². The molecule has 0 atom stereocenters. The number of nitrogens with one attached hydrogen (secondary N) is 1. The lowest BCUT2D eigenvalue weighted by Crippen LogP contribution is -1.98. The number of benzene rings is 2. The SMILES string of the molecule is COc1ccc(-c2csc(Nc3ccc(O)c(C(=O)O)c3)n2)cc1. The number of nitrogens with zero attached hydrogens (tertiary/aromatic N) is 1. The van der Waals surface area contributed by atoms with Gasteiger partial charge in [0.25, 0.3) is 0 Å². The molecule has 0 aliphatic rings. The Labute approximate surface area is 142 Å². The summed E-state index contributed by atoms with van der Waals surface area (Å²) in [6.45, 7) is 0. The number of carboxylic acids is 1. The summed E-state index contributed by atoms with van der Waals surface area (Å²) >= 11 is 1.40. The maximum absolute atomic E-state index is 11.1. The second-order valence-corrected chi connectivity index (χ2v) is 5.79. The van der Waals surface area contributed by atoms with Gasteiger partial charge >= 0.3 is 5.97 Å². The van der Waals surface area contributed by atoms with Gasteiger partial charge in [-0.3, -0.25) is 0 Å². The van der Waals surface area contributed by atoms with Crippen molar-refractivity contribution < 1.29 is 19.7 Å². The summed E-state index contributed by atoms with van der Waals surface area (Å²) in [5.41, 5.74) is 2.15. The molecule has 0 saturated carbocycles. The number of aromatic nitrogens is 1. The normalized spacial score (nSPS) is 10.4. The Morgan fingerprint density at radius 1 is 1.21 bits per heavy atom. The van der Waals surface area contributed by atoms with Gasteiger partial charge in [0.2, 0.25) is 0 Å². The number of carboxylic acid groups (broad SMARTS) is 1. The van der Waals surface area contributed by atoms with Crippen molar-refractivity contribution in [3.8, 4) is 22.8 Å². The highest BCUT2D eigenvalue weighted by Crippen LogP contribution is 2.29. The number of hydrogen-bond acceptors (Lipinski definition) is 6. The molecule has 6 nitrogen and oxygen atoms in total. The van der Waals surface area contributed by atoms with E-state index in [1.54, 1.807) is 13.2 Å². The zero-order valence-corrected chi connectivity index (χ0v) is 13.5. The average Bonchev–Trinajstić information content (AvgIpc) is 3.05. The van der Waals surface area contributed by atoms with Gasteiger partial charge in [-0.25, -0.2) is 9.78 Å². The lowest BCUT2D eigenvalue weighted by molar-refractivity contribution is 0.0694. The van der Waals surface area contributed by atoms with Crippen molar-refractivity contribution in [3.63, 3.8) is 0 Å². The fourth-order valence-electron chi connectivity index (χ4n) is 2.13. The minimum absolute atomic E-state index is 0.160. The molecule has 3 aromatic rings. The van der Waals surface area contributed by atoms with Crippen LogP contribution in [0.5, 0.6) is 11.5 Å². The molecular formula is C17H14N2O4S. The monoisotopic (exact) mass is 342 g/mol. The fourth-order valence-corrected chi connectivity index (χ4v) is 2.87. The maximum atomic E-state index is 11.1. The van der Waals surface area contributed by atoms with E-state index in [2.05, 4.69) is 10.3 Å². The summed E-state index contributed by atoms with van der Waals surface area (Å²) in [6.07, 6.45) is 0. The van der Waals surface area contributed by atoms with E-state index in [1.165, 1.54) is 23.5 Å². The van der Waals surface area contributed by atoms with Crippen molar-refractivity contribution in [2.45, 2.75) is 0 Å². The highest BCUT2D eigenvalue weighted by Gasteiger charge is 2.11. The lowest BCUT2D eigenvalue weighted by atomic mass is 10.2. The van der Waals surface area contributed by atoms with Crippen LogP contribution in [-0.4, -0.2) is 28.3 Å². The van der Waals surface area contributed by atoms with Crippen LogP contribution in [0, 0.1) is 0 Å². The summed E-state index contributed by atoms with van der Waals surface area (Å²) in [7, 11) is 1.61. The molecule has 0 bridgehead atoms. The first-order chi connectivity index (χ1) is 11.6. The van der Waals surface area contributed by atoms with E-state index in [0.717, 1.165) is 17.0 Å². The van der Waals surface area contributed by atoms with Gasteiger partial charge in [-0.2, -0.15) is 0 Å². The molecule has 7 heteroatoms. The molecule has 3 rings (SSSR count). The topological polar surface area (TPSA) is 91.7 Å². The quantitative estimate of drug-likeness (QED) is 0.608. The van der Waals surface area contributed by atoms with Gasteiger partial charge in [-0.1, -0.05) is 0 Å². The lowest BCUT2D eigenvalue weighted by Gasteiger charge is -2.05. The molecule has 122 valence electrons. The molecule has 0 amide bonds. The van der Waals surface area contributed by atoms with Crippen molar-refractivity contribution in [3.05, 3.63) is 53.4 Å². The number of aromatic carboxylic acids is 1. The molecular weight excluding hydrogens is 328 g/mol. The van der Waals surface area contributed by atoms with Crippen LogP contribution in [0.2, 0.25) is 0 Å².